The number of aromatic amines is 5. The molecule has 9 aromatic rings. The number of H-pyrrole nitrogens is 5. The highest BCUT2D eigenvalue weighted by Gasteiger charge is 2.52. The van der Waals surface area contributed by atoms with Gasteiger partial charge in [-0.1, -0.05) is 109 Å². The first-order chi connectivity index (χ1) is 69.2. The number of imidazole rings is 5. The van der Waals surface area contributed by atoms with Gasteiger partial charge >= 0.3 is 5.97 Å². The molecule has 8 fully saturated rings. The monoisotopic (exact) mass is 2080 g/mol. The summed E-state index contributed by atoms with van der Waals surface area (Å²) in [4.78, 5) is 191. The third-order valence-electron chi connectivity index (χ3n) is 28.4. The second-order valence-electron chi connectivity index (χ2n) is 42.8. The van der Waals surface area contributed by atoms with Gasteiger partial charge in [0.2, 0.25) is 29.2 Å². The maximum absolute atomic E-state index is 13.9. The number of likely N-dealkylation sites (tertiary alicyclic amines) is 2. The van der Waals surface area contributed by atoms with Crippen LogP contribution in [-0.2, 0) is 66.1 Å². The number of hydroxylamine groups is 2. The maximum atomic E-state index is 13.9. The zero-order chi connectivity index (χ0) is 105. The number of carboxylic acid groups (broad SMARTS) is 1. The van der Waals surface area contributed by atoms with E-state index in [1.165, 1.54) is 41.6 Å². The van der Waals surface area contributed by atoms with Gasteiger partial charge in [0.25, 0.3) is 11.8 Å². The zero-order valence-electron chi connectivity index (χ0n) is 87.2. The number of carbonyl (C=O) groups is 12. The van der Waals surface area contributed by atoms with E-state index in [4.69, 9.17) is 45.9 Å². The van der Waals surface area contributed by atoms with Crippen LogP contribution in [-0.4, -0.2) is 265 Å². The molecule has 7 aromatic heterocycles. The summed E-state index contributed by atoms with van der Waals surface area (Å²) >= 11 is 5.32. The molecule has 17 rings (SSSR count). The van der Waals surface area contributed by atoms with Crippen molar-refractivity contribution in [3.63, 3.8) is 0 Å². The molecule has 2 aliphatic heterocycles. The molecule has 40 heteroatoms. The highest BCUT2D eigenvalue weighted by atomic mass is 35.5. The number of aromatic nitrogens is 12. The summed E-state index contributed by atoms with van der Waals surface area (Å²) in [7, 11) is 3.32. The number of nitrogens with two attached hydrogens (primary N) is 1. The van der Waals surface area contributed by atoms with Gasteiger partial charge in [0, 0.05) is 209 Å². The average Bonchev–Trinajstić information content (AvgIpc) is 1.63. The number of benzene rings is 2. The molecule has 0 spiro atoms. The largest absolute Gasteiger partial charge is 0.496 e. The van der Waals surface area contributed by atoms with Crippen LogP contribution in [0, 0.1) is 59.2 Å². The number of nitrogens with zero attached hydrogens (tertiary/aromatic N) is 10. The first-order valence-electron chi connectivity index (χ1n) is 51.1. The lowest BCUT2D eigenvalue weighted by atomic mass is 9.91. The molecule has 2 saturated heterocycles. The van der Waals surface area contributed by atoms with Crippen molar-refractivity contribution < 1.29 is 91.2 Å². The van der Waals surface area contributed by atoms with Crippen LogP contribution in [0.25, 0.3) is 21.8 Å². The molecule has 9 heterocycles. The van der Waals surface area contributed by atoms with E-state index in [2.05, 4.69) is 114 Å². The fraction of sp³-hybridized carbons (Fsp3) is 0.590. The Kier molecular flexibility index (Phi) is 44.9. The Morgan fingerprint density at radius 2 is 1.01 bits per heavy atom. The molecule has 8 aliphatic rings. The van der Waals surface area contributed by atoms with Gasteiger partial charge in [0.1, 0.15) is 77.6 Å². The summed E-state index contributed by atoms with van der Waals surface area (Å²) in [5, 5.41) is 15.4. The maximum Gasteiger partial charge on any atom is 0.326 e. The van der Waals surface area contributed by atoms with E-state index in [9.17, 15) is 62.6 Å². The second-order valence-corrected chi connectivity index (χ2v) is 59.8. The first kappa shape index (κ1) is 116. The van der Waals surface area contributed by atoms with Crippen LogP contribution in [0.4, 0.5) is 0 Å². The van der Waals surface area contributed by atoms with Crippen LogP contribution in [0.1, 0.15) is 208 Å². The molecule has 145 heavy (non-hydrogen) atoms. The number of fused-ring (bicyclic) bond motifs is 4. The molecule has 2 aromatic carbocycles. The number of ketones is 7. The third-order valence-corrected chi connectivity index (χ3v) is 33.6. The average molecular weight is 2080 g/mol. The van der Waals surface area contributed by atoms with Gasteiger partial charge < -0.3 is 83.7 Å². The van der Waals surface area contributed by atoms with E-state index >= 15 is 0 Å². The summed E-state index contributed by atoms with van der Waals surface area (Å²) < 4.78 is 30.7. The van der Waals surface area contributed by atoms with E-state index in [0.29, 0.717) is 137 Å². The Hall–Kier alpha value is -11.0. The minimum atomic E-state index is -1.11. The van der Waals surface area contributed by atoms with E-state index in [1.54, 1.807) is 98.9 Å². The van der Waals surface area contributed by atoms with Crippen LogP contribution in [0.2, 0.25) is 77.1 Å². The van der Waals surface area contributed by atoms with Crippen molar-refractivity contribution in [1.82, 2.24) is 79.2 Å². The minimum absolute atomic E-state index is 0.00787. The molecular weight excluding hydrogens is 1920 g/mol. The number of amides is 4. The molecule has 6 saturated carbocycles. The lowest BCUT2D eigenvalue weighted by molar-refractivity contribution is -0.173. The molecule has 4 amide bonds. The topological polar surface area (TPSA) is 481 Å². The predicted molar refractivity (Wildman–Crippen MR) is 561 cm³/mol. The van der Waals surface area contributed by atoms with E-state index in [0.717, 1.165) is 125 Å². The Balaban J connectivity index is 0.000000180. The van der Waals surface area contributed by atoms with Crippen LogP contribution >= 0.6 is 11.6 Å². The van der Waals surface area contributed by atoms with Gasteiger partial charge in [-0.3, -0.25) is 57.6 Å². The van der Waals surface area contributed by atoms with Gasteiger partial charge in [0.05, 0.1) is 46.1 Å². The van der Waals surface area contributed by atoms with Crippen molar-refractivity contribution in [2.45, 2.75) is 270 Å². The highest BCUT2D eigenvalue weighted by molar-refractivity contribution is 6.76. The van der Waals surface area contributed by atoms with Crippen molar-refractivity contribution in [2.75, 3.05) is 67.4 Å². The van der Waals surface area contributed by atoms with Gasteiger partial charge in [-0.2, -0.15) is 0 Å². The number of carboxylic acids is 1. The number of aliphatic carboxylic acids is 1. The normalized spacial score (nSPS) is 21.2. The molecule has 0 radical (unpaired) electrons. The number of Topliss-reactive ketones (excluding diaryl/α,β-unsaturated/α-hetero) is 7. The fourth-order valence-corrected chi connectivity index (χ4v) is 22.5. The smallest absolute Gasteiger partial charge is 0.326 e. The Morgan fingerprint density at radius 1 is 0.538 bits per heavy atom. The lowest BCUT2D eigenvalue weighted by Crippen LogP contribution is -2.53. The predicted octanol–water partition coefficient (Wildman–Crippen LogP) is 16.8. The molecule has 0 unspecified atom stereocenters. The number of nitrogens with one attached hydrogen (secondary N) is 6. The third kappa shape index (κ3) is 34.5. The van der Waals surface area contributed by atoms with Crippen molar-refractivity contribution in [3.8, 4) is 11.5 Å². The van der Waals surface area contributed by atoms with Gasteiger partial charge in [0.15, 0.2) is 17.5 Å². The van der Waals surface area contributed by atoms with E-state index in [-0.39, 0.29) is 124 Å². The summed E-state index contributed by atoms with van der Waals surface area (Å²) in [5.74, 6) is 1.06. The molecule has 9 N–H and O–H groups in total. The second kappa shape index (κ2) is 56.2. The number of halogens is 1. The summed E-state index contributed by atoms with van der Waals surface area (Å²) in [6.45, 7) is 29.2. The number of carbonyl (C=O) groups excluding carboxylic acids is 11. The van der Waals surface area contributed by atoms with Crippen LogP contribution in [0.5, 0.6) is 11.5 Å². The number of ether oxygens (including phenoxy) is 5. The minimum Gasteiger partial charge on any atom is -0.496 e. The van der Waals surface area contributed by atoms with Crippen molar-refractivity contribution in [1.29, 1.82) is 0 Å². The molecule has 792 valence electrons. The number of rotatable bonds is 37. The van der Waals surface area contributed by atoms with Crippen molar-refractivity contribution >= 4 is 128 Å². The number of methoxy groups -OCH3 is 2. The lowest BCUT2D eigenvalue weighted by Gasteiger charge is -2.29. The van der Waals surface area contributed by atoms with Crippen LogP contribution in [0.15, 0.2) is 123 Å². The quantitative estimate of drug-likeness (QED) is 0.00589. The Morgan fingerprint density at radius 3 is 1.44 bits per heavy atom. The van der Waals surface area contributed by atoms with Crippen molar-refractivity contribution in [3.05, 3.63) is 152 Å². The fourth-order valence-electron chi connectivity index (χ4n) is 20.1. The molecule has 14 atom stereocenters. The zero-order valence-corrected chi connectivity index (χ0v) is 90.9. The van der Waals surface area contributed by atoms with Gasteiger partial charge in [-0.15, -0.1) is 0 Å². The number of alkyl halides is 1. The Bertz CT molecular complexity index is 5620. The SMILES string of the molecule is CON(C)C(=O)[C@@H](C)C[C@@H]1CCCC1=O.COc1cccc2[nH]c(C(=O)N3C[C@@H]4CCC[C@@H]4[C@H]3C(=O)N[C@@H](C[C@@H]3CCCC3=O)C(=O)c3ncc[nH]3)cc12.COc1cccc2[nH]c(C(=O)N3C[C@@H]4CCC[C@@H]4[C@H]3C(=O)O)cc12.C[C@@H](C[C@@H]1CCCC1=O)C(=O)c1nccn1COCC[Si](C)(C)C.C[Si](C)(C)CCOCCl.C[Si](C)(C)CCOCn1ccnc1.N[C@@H](C[C@@H]1CCCC1=O)C(=O)c1ncc[nH]1.c1c[nH]cn1. The molecule has 36 nitrogen and oxygen atoms in total. The Labute approximate surface area is 858 Å². The van der Waals surface area contributed by atoms with Crippen LogP contribution in [0.3, 0.4) is 0 Å². The molecular formula is C105H154ClN17O19Si3. The first-order valence-corrected chi connectivity index (χ1v) is 62.8. The van der Waals surface area contributed by atoms with Gasteiger partial charge in [-0.05, 0) is 181 Å². The van der Waals surface area contributed by atoms with Gasteiger partial charge in [-0.25, -0.2) is 34.8 Å². The van der Waals surface area contributed by atoms with Crippen LogP contribution < -0.4 is 20.5 Å². The standard InChI is InChI=1S/C29H33N5O5.C18H20N2O4.C18H30N2O3Si.C11H15N3O2.C11H19NO3.C9H18N2OSi.C6H15ClOSi.C3H4N2/c1-39-24-10-4-8-20-19(24)14-22(32-20)29(38)34-15-17-6-2-7-18(17)25(34)28(37)33-21(13-16-5-3-9-23(16)35)26(36)27-30-11-12-31-27;1-24-15-7-3-6-13-12(15)8-14(19-13)17(21)20-9-10-4-2-5-11(10)16(20)18(22)23;1-14(12-15-6-5-7-16(15)21)17(22)18-19-8-9-20(18)13-23-10-11-24(2,3)4;12-8(6-7-2-1-3-9(7)15)10(16)11-13-4-5-14-11;1-8(11(14)12(2)15-3)7-9-5-4-6-10(9)13;1-13(2,3)7-6-12-9-11-5-4-10-8-11;1-9(2,3)5-4-8-6-7;1-2-5-3-4-1/h4,8,10-12,14,16-18,21,25,32H,2-3,5-7,9,13,15H2,1H3,(H,30,31)(H,33,37);3,6-8,10-11,16,19H,2,4-5,9H2,1H3,(H,22,23);8-9,14-15H,5-7,10-13H2,1-4H3;4-5,7-8H,1-3,6,12H2,(H,13,14);8-9H,4-7H2,1-3H3;4-5,8H,6-7,9H2,1-3H3;4-6H2,1-3H3;1-3H,(H,4,5)/t16-,17-,18-,21-,25-;10-,11-,16-;14-,15-;7-,8-;8-,9-;;;/m00000.../s1. The summed E-state index contributed by atoms with van der Waals surface area (Å²) in [6, 6.07) is 15.6. The highest BCUT2D eigenvalue weighted by Crippen LogP contribution is 2.46. The van der Waals surface area contributed by atoms with E-state index < -0.39 is 54.4 Å². The number of hydrogen-bond acceptors (Lipinski definition) is 24. The summed E-state index contributed by atoms with van der Waals surface area (Å²) in [6.07, 6.45) is 37.5. The molecule has 6 aliphatic carbocycles. The number of hydrogen-bond donors (Lipinski definition) is 8. The summed E-state index contributed by atoms with van der Waals surface area (Å²) in [5.41, 5.74) is 8.19. The molecule has 0 bridgehead atoms. The van der Waals surface area contributed by atoms with Crippen molar-refractivity contribution in [2.24, 2.45) is 64.9 Å². The van der Waals surface area contributed by atoms with E-state index in [1.807, 2.05) is 61.0 Å².